The van der Waals surface area contributed by atoms with Crippen molar-refractivity contribution in [3.8, 4) is 22.8 Å². The standard InChI is InChI=1S/C20H23BrN2O2/c1-24-14-7-8-18-16(12-14)15(5-3-4-10-22)20(23-18)17-11-13(21)6-9-19(17)25-2/h6-9,11-12,23H,3-5,10,22H2,1-2H3. The molecule has 0 radical (unpaired) electrons. The summed E-state index contributed by atoms with van der Waals surface area (Å²) >= 11 is 3.57. The zero-order valence-corrected chi connectivity index (χ0v) is 16.2. The molecule has 0 aliphatic carbocycles. The number of nitrogens with one attached hydrogen (secondary N) is 1. The molecule has 0 bridgehead atoms. The molecule has 4 nitrogen and oxygen atoms in total. The van der Waals surface area contributed by atoms with E-state index in [1.165, 1.54) is 10.9 Å². The van der Waals surface area contributed by atoms with Crippen LogP contribution in [0.4, 0.5) is 0 Å². The summed E-state index contributed by atoms with van der Waals surface area (Å²) in [4.78, 5) is 3.57. The average Bonchev–Trinajstić information content (AvgIpc) is 2.99. The molecule has 1 aromatic heterocycles. The Hall–Kier alpha value is -1.98. The number of methoxy groups -OCH3 is 2. The van der Waals surface area contributed by atoms with E-state index in [2.05, 4.69) is 39.1 Å². The number of hydrogen-bond donors (Lipinski definition) is 2. The van der Waals surface area contributed by atoms with Gasteiger partial charge in [-0.2, -0.15) is 0 Å². The molecule has 132 valence electrons. The topological polar surface area (TPSA) is 60.3 Å². The van der Waals surface area contributed by atoms with Crippen molar-refractivity contribution < 1.29 is 9.47 Å². The van der Waals surface area contributed by atoms with Crippen molar-refractivity contribution in [2.45, 2.75) is 19.3 Å². The van der Waals surface area contributed by atoms with Gasteiger partial charge in [-0.15, -0.1) is 0 Å². The van der Waals surface area contributed by atoms with Gasteiger partial charge in [-0.1, -0.05) is 15.9 Å². The number of aryl methyl sites for hydroxylation is 1. The monoisotopic (exact) mass is 402 g/mol. The van der Waals surface area contributed by atoms with Gasteiger partial charge in [-0.3, -0.25) is 0 Å². The van der Waals surface area contributed by atoms with Gasteiger partial charge < -0.3 is 20.2 Å². The third-order valence-corrected chi connectivity index (χ3v) is 4.92. The molecule has 2 aromatic carbocycles. The molecule has 0 unspecified atom stereocenters. The highest BCUT2D eigenvalue weighted by Gasteiger charge is 2.17. The Morgan fingerprint density at radius 2 is 1.88 bits per heavy atom. The smallest absolute Gasteiger partial charge is 0.128 e. The quantitative estimate of drug-likeness (QED) is 0.552. The van der Waals surface area contributed by atoms with Crippen molar-refractivity contribution in [2.75, 3.05) is 20.8 Å². The third kappa shape index (κ3) is 3.67. The lowest BCUT2D eigenvalue weighted by Crippen LogP contribution is -1.99. The van der Waals surface area contributed by atoms with Gasteiger partial charge in [0.2, 0.25) is 0 Å². The zero-order chi connectivity index (χ0) is 17.8. The van der Waals surface area contributed by atoms with Crippen molar-refractivity contribution in [3.05, 3.63) is 46.4 Å². The van der Waals surface area contributed by atoms with Crippen LogP contribution in [-0.4, -0.2) is 25.7 Å². The van der Waals surface area contributed by atoms with Gasteiger partial charge in [0.15, 0.2) is 0 Å². The van der Waals surface area contributed by atoms with Crippen molar-refractivity contribution in [1.82, 2.24) is 4.98 Å². The number of benzene rings is 2. The zero-order valence-electron chi connectivity index (χ0n) is 14.6. The number of hydrogen-bond acceptors (Lipinski definition) is 3. The number of fused-ring (bicyclic) bond motifs is 1. The number of H-pyrrole nitrogens is 1. The molecule has 0 aliphatic heterocycles. The Balaban J connectivity index is 2.19. The van der Waals surface area contributed by atoms with Gasteiger partial charge in [0.1, 0.15) is 11.5 Å². The van der Waals surface area contributed by atoms with Gasteiger partial charge in [0.25, 0.3) is 0 Å². The molecule has 0 saturated heterocycles. The molecular formula is C20H23BrN2O2. The largest absolute Gasteiger partial charge is 0.497 e. The second-order valence-electron chi connectivity index (χ2n) is 5.98. The van der Waals surface area contributed by atoms with Crippen molar-refractivity contribution in [2.24, 2.45) is 5.73 Å². The van der Waals surface area contributed by atoms with E-state index in [0.717, 1.165) is 52.0 Å². The van der Waals surface area contributed by atoms with Crippen LogP contribution in [0.25, 0.3) is 22.2 Å². The van der Waals surface area contributed by atoms with Gasteiger partial charge in [0, 0.05) is 20.9 Å². The molecule has 5 heteroatoms. The molecule has 0 aliphatic rings. The minimum atomic E-state index is 0.710. The molecular weight excluding hydrogens is 380 g/mol. The van der Waals surface area contributed by atoms with E-state index in [-0.39, 0.29) is 0 Å². The molecule has 3 rings (SSSR count). The lowest BCUT2D eigenvalue weighted by atomic mass is 9.99. The van der Waals surface area contributed by atoms with E-state index in [0.29, 0.717) is 6.54 Å². The maximum Gasteiger partial charge on any atom is 0.128 e. The molecule has 25 heavy (non-hydrogen) atoms. The summed E-state index contributed by atoms with van der Waals surface area (Å²) in [5.41, 5.74) is 10.2. The normalized spacial score (nSPS) is 11.0. The SMILES string of the molecule is COc1ccc2[nH]c(-c3cc(Br)ccc3OC)c(CCCCN)c2c1. The molecule has 0 atom stereocenters. The number of aromatic amines is 1. The number of rotatable bonds is 7. The predicted molar refractivity (Wildman–Crippen MR) is 107 cm³/mol. The Labute approximate surface area is 156 Å². The van der Waals surface area contributed by atoms with Crippen LogP contribution in [0.15, 0.2) is 40.9 Å². The summed E-state index contributed by atoms with van der Waals surface area (Å²) in [6.07, 6.45) is 3.01. The minimum Gasteiger partial charge on any atom is -0.497 e. The number of aromatic nitrogens is 1. The van der Waals surface area contributed by atoms with Crippen molar-refractivity contribution in [3.63, 3.8) is 0 Å². The van der Waals surface area contributed by atoms with E-state index in [9.17, 15) is 0 Å². The first-order valence-electron chi connectivity index (χ1n) is 8.40. The van der Waals surface area contributed by atoms with E-state index < -0.39 is 0 Å². The first kappa shape index (κ1) is 17.8. The van der Waals surface area contributed by atoms with Crippen LogP contribution in [0, 0.1) is 0 Å². The molecule has 0 spiro atoms. The van der Waals surface area contributed by atoms with Gasteiger partial charge in [-0.05, 0) is 67.8 Å². The summed E-state index contributed by atoms with van der Waals surface area (Å²) in [6, 6.07) is 12.2. The fourth-order valence-corrected chi connectivity index (χ4v) is 3.53. The molecule has 0 saturated carbocycles. The highest BCUT2D eigenvalue weighted by molar-refractivity contribution is 9.10. The van der Waals surface area contributed by atoms with Gasteiger partial charge in [-0.25, -0.2) is 0 Å². The summed E-state index contributed by atoms with van der Waals surface area (Å²) in [5.74, 6) is 1.71. The van der Waals surface area contributed by atoms with Crippen molar-refractivity contribution in [1.29, 1.82) is 0 Å². The lowest BCUT2D eigenvalue weighted by molar-refractivity contribution is 0.415. The Bertz CT molecular complexity index is 874. The fraction of sp³-hybridized carbons (Fsp3) is 0.300. The maximum absolute atomic E-state index is 5.69. The lowest BCUT2D eigenvalue weighted by Gasteiger charge is -2.11. The number of ether oxygens (including phenoxy) is 2. The Morgan fingerprint density at radius 3 is 2.60 bits per heavy atom. The van der Waals surface area contributed by atoms with Crippen LogP contribution in [-0.2, 0) is 6.42 Å². The predicted octanol–water partition coefficient (Wildman–Crippen LogP) is 4.90. The summed E-state index contributed by atoms with van der Waals surface area (Å²) in [5, 5.41) is 1.19. The summed E-state index contributed by atoms with van der Waals surface area (Å²) in [7, 11) is 3.40. The van der Waals surface area contributed by atoms with Crippen LogP contribution in [0.5, 0.6) is 11.5 Å². The summed E-state index contributed by atoms with van der Waals surface area (Å²) < 4.78 is 12.0. The van der Waals surface area contributed by atoms with Crippen LogP contribution < -0.4 is 15.2 Å². The third-order valence-electron chi connectivity index (χ3n) is 4.43. The average molecular weight is 403 g/mol. The Kier molecular flexibility index (Phi) is 5.66. The molecule has 0 fully saturated rings. The van der Waals surface area contributed by atoms with Crippen molar-refractivity contribution >= 4 is 26.8 Å². The second kappa shape index (κ2) is 7.93. The van der Waals surface area contributed by atoms with Crippen LogP contribution >= 0.6 is 15.9 Å². The van der Waals surface area contributed by atoms with Crippen LogP contribution in [0.3, 0.4) is 0 Å². The molecule has 1 heterocycles. The van der Waals surface area contributed by atoms with Crippen LogP contribution in [0.1, 0.15) is 18.4 Å². The van der Waals surface area contributed by atoms with E-state index >= 15 is 0 Å². The molecule has 3 N–H and O–H groups in total. The van der Waals surface area contributed by atoms with E-state index in [1.54, 1.807) is 14.2 Å². The highest BCUT2D eigenvalue weighted by Crippen LogP contribution is 2.39. The number of nitrogens with two attached hydrogens (primary N) is 1. The first-order valence-corrected chi connectivity index (χ1v) is 9.19. The van der Waals surface area contributed by atoms with Gasteiger partial charge in [0.05, 0.1) is 19.9 Å². The number of halogens is 1. The minimum absolute atomic E-state index is 0.710. The maximum atomic E-state index is 5.69. The van der Waals surface area contributed by atoms with Gasteiger partial charge >= 0.3 is 0 Å². The van der Waals surface area contributed by atoms with Crippen LogP contribution in [0.2, 0.25) is 0 Å². The van der Waals surface area contributed by atoms with E-state index in [1.807, 2.05) is 18.2 Å². The fourth-order valence-electron chi connectivity index (χ4n) is 3.17. The molecule has 3 aromatic rings. The highest BCUT2D eigenvalue weighted by atomic mass is 79.9. The Morgan fingerprint density at radius 1 is 1.04 bits per heavy atom. The van der Waals surface area contributed by atoms with E-state index in [4.69, 9.17) is 15.2 Å². The number of unbranched alkanes of at least 4 members (excludes halogenated alkanes) is 1. The first-order chi connectivity index (χ1) is 12.2. The summed E-state index contributed by atoms with van der Waals surface area (Å²) in [6.45, 7) is 0.710. The molecule has 0 amide bonds. The second-order valence-corrected chi connectivity index (χ2v) is 6.90.